The van der Waals surface area contributed by atoms with Crippen LogP contribution in [-0.4, -0.2) is 11.9 Å². The highest BCUT2D eigenvalue weighted by Gasteiger charge is 2.17. The van der Waals surface area contributed by atoms with Crippen LogP contribution >= 0.6 is 0 Å². The lowest BCUT2D eigenvalue weighted by atomic mass is 9.84. The van der Waals surface area contributed by atoms with Crippen molar-refractivity contribution in [3.05, 3.63) is 0 Å². The molecule has 26 heavy (non-hydrogen) atoms. The molecule has 0 saturated carbocycles. The van der Waals surface area contributed by atoms with Gasteiger partial charge in [0.1, 0.15) is 0 Å². The fourth-order valence-corrected chi connectivity index (χ4v) is 3.68. The van der Waals surface area contributed by atoms with Gasteiger partial charge in [-0.1, -0.05) is 90.9 Å². The van der Waals surface area contributed by atoms with E-state index in [0.29, 0.717) is 25.2 Å². The van der Waals surface area contributed by atoms with Gasteiger partial charge in [0.05, 0.1) is 0 Å². The summed E-state index contributed by atoms with van der Waals surface area (Å²) in [5, 5.41) is 22.0. The Morgan fingerprint density at radius 1 is 0.692 bits per heavy atom. The Morgan fingerprint density at radius 3 is 1.69 bits per heavy atom. The molecule has 154 valence electrons. The number of aliphatic carboxylic acids is 2. The molecule has 0 aliphatic rings. The zero-order chi connectivity index (χ0) is 19.6. The average Bonchev–Trinajstić information content (AvgIpc) is 2.59. The van der Waals surface area contributed by atoms with E-state index in [-0.39, 0.29) is 6.42 Å². The Morgan fingerprint density at radius 2 is 1.19 bits per heavy atom. The molecule has 0 saturated heterocycles. The molecule has 0 radical (unpaired) electrons. The number of hydrogen-bond acceptors (Lipinski definition) is 4. The first-order chi connectivity index (χ1) is 12.5. The number of carboxylic acids is 2. The van der Waals surface area contributed by atoms with E-state index in [1.807, 2.05) is 0 Å². The molecule has 0 spiro atoms. The number of carboxylic acid groups (broad SMARTS) is 2. The number of unbranched alkanes of at least 4 members (excludes halogenated alkanes) is 8. The Bertz CT molecular complexity index is 354. The van der Waals surface area contributed by atoms with Gasteiger partial charge in [0.15, 0.2) is 0 Å². The Hall–Kier alpha value is -1.06. The van der Waals surface area contributed by atoms with Gasteiger partial charge in [-0.15, -0.1) is 0 Å². The van der Waals surface area contributed by atoms with Crippen molar-refractivity contribution in [2.45, 2.75) is 117 Å². The van der Waals surface area contributed by atoms with Crippen molar-refractivity contribution in [3.63, 3.8) is 0 Å². The Balaban J connectivity index is 4.37. The molecule has 0 aromatic rings. The van der Waals surface area contributed by atoms with Gasteiger partial charge < -0.3 is 19.8 Å². The van der Waals surface area contributed by atoms with E-state index >= 15 is 0 Å². The van der Waals surface area contributed by atoms with Gasteiger partial charge >= 0.3 is 0 Å². The van der Waals surface area contributed by atoms with E-state index in [9.17, 15) is 19.8 Å². The van der Waals surface area contributed by atoms with E-state index < -0.39 is 17.9 Å². The number of hydrogen-bond donors (Lipinski definition) is 0. The maximum absolute atomic E-state index is 11.5. The topological polar surface area (TPSA) is 80.3 Å². The van der Waals surface area contributed by atoms with Crippen LogP contribution in [-0.2, 0) is 9.59 Å². The predicted octanol–water partition coefficient (Wildman–Crippen LogP) is 4.00. The molecule has 0 aliphatic heterocycles. The van der Waals surface area contributed by atoms with Crippen LogP contribution in [0, 0.1) is 11.8 Å². The molecule has 4 heteroatoms. The average molecular weight is 369 g/mol. The molecular weight excluding hydrogens is 328 g/mol. The van der Waals surface area contributed by atoms with Crippen LogP contribution in [0.25, 0.3) is 0 Å². The molecule has 0 fully saturated rings. The van der Waals surface area contributed by atoms with Gasteiger partial charge in [-0.05, 0) is 37.5 Å². The second-order valence-electron chi connectivity index (χ2n) is 7.79. The quantitative estimate of drug-likeness (QED) is 0.323. The first kappa shape index (κ1) is 24.9. The maximum Gasteiger partial charge on any atom is 0.0445 e. The molecule has 0 N–H and O–H groups in total. The summed E-state index contributed by atoms with van der Waals surface area (Å²) < 4.78 is 0. The lowest BCUT2D eigenvalue weighted by Crippen LogP contribution is -2.33. The van der Waals surface area contributed by atoms with Crippen molar-refractivity contribution in [1.82, 2.24) is 0 Å². The summed E-state index contributed by atoms with van der Waals surface area (Å²) in [4.78, 5) is 22.0. The third kappa shape index (κ3) is 15.2. The minimum absolute atomic E-state index is 0.0671. The molecule has 0 amide bonds. The molecule has 0 heterocycles. The van der Waals surface area contributed by atoms with Gasteiger partial charge in [0.2, 0.25) is 0 Å². The minimum atomic E-state index is -1.11. The van der Waals surface area contributed by atoms with Crippen molar-refractivity contribution in [3.8, 4) is 0 Å². The van der Waals surface area contributed by atoms with Crippen molar-refractivity contribution < 1.29 is 19.8 Å². The van der Waals surface area contributed by atoms with Crippen LogP contribution in [0.5, 0.6) is 0 Å². The SMILES string of the molecule is CCCCCCCCC(CCCCCC)CC(CCCC(=O)[O-])C(=O)[O-]. The van der Waals surface area contributed by atoms with Crippen molar-refractivity contribution in [1.29, 1.82) is 0 Å². The standard InChI is InChI=1S/C22H42O4/c1-3-5-7-9-10-12-15-19(14-11-8-6-4-2)18-20(22(25)26)16-13-17-21(23)24/h19-20H,3-18H2,1-2H3,(H,23,24)(H,25,26)/p-2. The van der Waals surface area contributed by atoms with Crippen LogP contribution in [0.15, 0.2) is 0 Å². The lowest BCUT2D eigenvalue weighted by Gasteiger charge is -2.25. The first-order valence-corrected chi connectivity index (χ1v) is 10.9. The normalized spacial score (nSPS) is 13.5. The van der Waals surface area contributed by atoms with Crippen molar-refractivity contribution >= 4 is 11.9 Å². The number of carbonyl (C=O) groups excluding carboxylic acids is 2. The highest BCUT2D eigenvalue weighted by Crippen LogP contribution is 2.27. The smallest absolute Gasteiger partial charge is 0.0445 e. The van der Waals surface area contributed by atoms with Crippen LogP contribution < -0.4 is 10.2 Å². The molecule has 0 aliphatic carbocycles. The Labute approximate surface area is 160 Å². The second kappa shape index (κ2) is 17.4. The van der Waals surface area contributed by atoms with E-state index in [1.165, 1.54) is 57.8 Å². The highest BCUT2D eigenvalue weighted by molar-refractivity contribution is 5.68. The molecule has 0 rings (SSSR count). The van der Waals surface area contributed by atoms with Crippen LogP contribution in [0.2, 0.25) is 0 Å². The van der Waals surface area contributed by atoms with Gasteiger partial charge in [-0.2, -0.15) is 0 Å². The third-order valence-corrected chi connectivity index (χ3v) is 5.32. The second-order valence-corrected chi connectivity index (χ2v) is 7.79. The summed E-state index contributed by atoms with van der Waals surface area (Å²) in [6, 6.07) is 0. The van der Waals surface area contributed by atoms with Crippen LogP contribution in [0.3, 0.4) is 0 Å². The molecular formula is C22H40O4-2. The van der Waals surface area contributed by atoms with Crippen LogP contribution in [0.4, 0.5) is 0 Å². The molecule has 2 unspecified atom stereocenters. The fourth-order valence-electron chi connectivity index (χ4n) is 3.68. The summed E-state index contributed by atoms with van der Waals surface area (Å²) in [6.45, 7) is 4.41. The lowest BCUT2D eigenvalue weighted by molar-refractivity contribution is -0.313. The molecule has 0 aromatic carbocycles. The van der Waals surface area contributed by atoms with Gasteiger partial charge in [-0.25, -0.2) is 0 Å². The van der Waals surface area contributed by atoms with Crippen LogP contribution in [0.1, 0.15) is 117 Å². The summed E-state index contributed by atoms with van der Waals surface area (Å²) in [7, 11) is 0. The summed E-state index contributed by atoms with van der Waals surface area (Å²) in [6.07, 6.45) is 15.8. The fraction of sp³-hybridized carbons (Fsp3) is 0.909. The summed E-state index contributed by atoms with van der Waals surface area (Å²) in [5.74, 6) is -2.23. The summed E-state index contributed by atoms with van der Waals surface area (Å²) >= 11 is 0. The largest absolute Gasteiger partial charge is 0.550 e. The van der Waals surface area contributed by atoms with Gasteiger partial charge in [0.25, 0.3) is 0 Å². The Kier molecular flexibility index (Phi) is 16.7. The van der Waals surface area contributed by atoms with Crippen molar-refractivity contribution in [2.24, 2.45) is 11.8 Å². The third-order valence-electron chi connectivity index (χ3n) is 5.32. The minimum Gasteiger partial charge on any atom is -0.550 e. The molecule has 4 nitrogen and oxygen atoms in total. The molecule has 0 aromatic heterocycles. The summed E-state index contributed by atoms with van der Waals surface area (Å²) in [5.41, 5.74) is 0. The first-order valence-electron chi connectivity index (χ1n) is 10.9. The van der Waals surface area contributed by atoms with E-state index in [0.717, 1.165) is 19.3 Å². The van der Waals surface area contributed by atoms with Gasteiger partial charge in [-0.3, -0.25) is 0 Å². The van der Waals surface area contributed by atoms with E-state index in [4.69, 9.17) is 0 Å². The molecule has 2 atom stereocenters. The van der Waals surface area contributed by atoms with E-state index in [2.05, 4.69) is 13.8 Å². The molecule has 0 bridgehead atoms. The monoisotopic (exact) mass is 368 g/mol. The van der Waals surface area contributed by atoms with Crippen molar-refractivity contribution in [2.75, 3.05) is 0 Å². The zero-order valence-corrected chi connectivity index (χ0v) is 17.1. The number of rotatable bonds is 19. The predicted molar refractivity (Wildman–Crippen MR) is 102 cm³/mol. The zero-order valence-electron chi connectivity index (χ0n) is 17.1. The highest BCUT2D eigenvalue weighted by atomic mass is 16.4. The maximum atomic E-state index is 11.5. The number of carbonyl (C=O) groups is 2. The van der Waals surface area contributed by atoms with Gasteiger partial charge in [0, 0.05) is 11.9 Å². The van der Waals surface area contributed by atoms with E-state index in [1.54, 1.807) is 0 Å².